The van der Waals surface area contributed by atoms with Gasteiger partial charge in [-0.15, -0.1) is 0 Å². The number of ether oxygens (including phenoxy) is 1. The molecular formula is C10H14N4O5S. The predicted octanol–water partition coefficient (Wildman–Crippen LogP) is -2.32. The molecule has 20 heavy (non-hydrogen) atoms. The summed E-state index contributed by atoms with van der Waals surface area (Å²) >= 11 is 0.929. The van der Waals surface area contributed by atoms with Crippen LogP contribution in [0.3, 0.4) is 0 Å². The monoisotopic (exact) mass is 302 g/mol. The molecule has 0 aromatic carbocycles. The fraction of sp³-hybridized carbons (Fsp3) is 0.600. The number of thioether (sulfide) groups is 1. The maximum absolute atomic E-state index is 11.5. The molecule has 9 nitrogen and oxygen atoms in total. The van der Waals surface area contributed by atoms with Crippen LogP contribution in [0.5, 0.6) is 0 Å². The van der Waals surface area contributed by atoms with Gasteiger partial charge in [0, 0.05) is 0 Å². The van der Waals surface area contributed by atoms with Gasteiger partial charge in [0.15, 0.2) is 6.23 Å². The van der Waals surface area contributed by atoms with E-state index in [0.717, 1.165) is 11.8 Å². The average Bonchev–Trinajstić information content (AvgIpc) is 2.94. The number of aliphatic hydroxyl groups excluding tert-OH is 3. The normalized spacial score (nSPS) is 40.2. The first kappa shape index (κ1) is 13.6. The van der Waals surface area contributed by atoms with Crippen LogP contribution in [0, 0.1) is 0 Å². The first-order valence-corrected chi connectivity index (χ1v) is 6.76. The SMILES string of the molecule is NC1=C2SC(=O)NC2N([C@@H]2O[C@H](CO)[C@@H](O)[C@H]2O)C=N1. The molecule has 1 amide bonds. The molecule has 6 N–H and O–H groups in total. The molecule has 0 spiro atoms. The second kappa shape index (κ2) is 4.90. The standard InChI is InChI=1S/C10H14N4O5S/c11-7-6-8(13-10(18)20-6)14(2-12-7)9-5(17)4(16)3(1-15)19-9/h2-5,8-9,15-17H,1,11H2,(H,13,18)/t3-,4-,5-,8?,9-/m1/s1. The number of carbonyl (C=O) groups is 1. The number of aliphatic hydroxyl groups is 3. The summed E-state index contributed by atoms with van der Waals surface area (Å²) < 4.78 is 5.41. The largest absolute Gasteiger partial charge is 0.394 e. The summed E-state index contributed by atoms with van der Waals surface area (Å²) in [6.07, 6.45) is -3.51. The quantitative estimate of drug-likeness (QED) is 0.383. The lowest BCUT2D eigenvalue weighted by Gasteiger charge is -2.35. The van der Waals surface area contributed by atoms with Crippen LogP contribution in [-0.4, -0.2) is 69.1 Å². The molecule has 3 heterocycles. The van der Waals surface area contributed by atoms with Gasteiger partial charge >= 0.3 is 0 Å². The summed E-state index contributed by atoms with van der Waals surface area (Å²) in [7, 11) is 0. The fourth-order valence-corrected chi connectivity index (χ4v) is 3.18. The Bertz CT molecular complexity index is 498. The van der Waals surface area contributed by atoms with Gasteiger partial charge < -0.3 is 36.0 Å². The van der Waals surface area contributed by atoms with Gasteiger partial charge in [0.05, 0.1) is 17.9 Å². The van der Waals surface area contributed by atoms with E-state index >= 15 is 0 Å². The van der Waals surface area contributed by atoms with Gasteiger partial charge in [-0.25, -0.2) is 4.99 Å². The zero-order valence-electron chi connectivity index (χ0n) is 10.2. The Morgan fingerprint density at radius 3 is 2.90 bits per heavy atom. The fourth-order valence-electron chi connectivity index (χ4n) is 2.36. The van der Waals surface area contributed by atoms with Crippen molar-refractivity contribution in [1.82, 2.24) is 10.2 Å². The Labute approximate surface area is 118 Å². The second-order valence-corrected chi connectivity index (χ2v) is 5.62. The van der Waals surface area contributed by atoms with Crippen LogP contribution >= 0.6 is 11.8 Å². The van der Waals surface area contributed by atoms with Crippen LogP contribution in [0.4, 0.5) is 4.79 Å². The van der Waals surface area contributed by atoms with Crippen molar-refractivity contribution < 1.29 is 24.9 Å². The summed E-state index contributed by atoms with van der Waals surface area (Å²) in [6.45, 7) is -0.420. The smallest absolute Gasteiger partial charge is 0.285 e. The predicted molar refractivity (Wildman–Crippen MR) is 69.2 cm³/mol. The number of rotatable bonds is 2. The lowest BCUT2D eigenvalue weighted by Crippen LogP contribution is -2.54. The Hall–Kier alpha value is -1.33. The van der Waals surface area contributed by atoms with E-state index in [1.54, 1.807) is 0 Å². The van der Waals surface area contributed by atoms with Crippen molar-refractivity contribution in [3.8, 4) is 0 Å². The molecule has 2 fully saturated rings. The maximum atomic E-state index is 11.5. The van der Waals surface area contributed by atoms with Gasteiger partial charge in [0.25, 0.3) is 5.24 Å². The van der Waals surface area contributed by atoms with Gasteiger partial charge in [0.1, 0.15) is 30.3 Å². The molecule has 10 heteroatoms. The third-order valence-electron chi connectivity index (χ3n) is 3.40. The van der Waals surface area contributed by atoms with Gasteiger partial charge in [-0.1, -0.05) is 0 Å². The van der Waals surface area contributed by atoms with Gasteiger partial charge in [-0.05, 0) is 11.8 Å². The molecule has 0 aromatic rings. The van der Waals surface area contributed by atoms with Gasteiger partial charge in [0.2, 0.25) is 0 Å². The molecule has 0 aromatic heterocycles. The Balaban J connectivity index is 1.85. The lowest BCUT2D eigenvalue weighted by atomic mass is 10.1. The molecule has 1 unspecified atom stereocenters. The topological polar surface area (TPSA) is 141 Å². The van der Waals surface area contributed by atoms with E-state index in [1.807, 2.05) is 0 Å². The first-order valence-electron chi connectivity index (χ1n) is 5.95. The maximum Gasteiger partial charge on any atom is 0.285 e. The highest BCUT2D eigenvalue weighted by Gasteiger charge is 2.49. The van der Waals surface area contributed by atoms with Gasteiger partial charge in [-0.3, -0.25) is 4.79 Å². The molecule has 2 saturated heterocycles. The van der Waals surface area contributed by atoms with Crippen molar-refractivity contribution in [1.29, 1.82) is 0 Å². The van der Waals surface area contributed by atoms with Crippen LogP contribution in [0.1, 0.15) is 0 Å². The number of carbonyl (C=O) groups excluding carboxylic acids is 1. The zero-order valence-corrected chi connectivity index (χ0v) is 11.0. The van der Waals surface area contributed by atoms with Crippen molar-refractivity contribution in [2.45, 2.75) is 30.7 Å². The number of nitrogens with two attached hydrogens (primary N) is 1. The van der Waals surface area contributed by atoms with E-state index in [4.69, 9.17) is 15.6 Å². The Morgan fingerprint density at radius 1 is 1.50 bits per heavy atom. The zero-order chi connectivity index (χ0) is 14.4. The molecule has 0 bridgehead atoms. The van der Waals surface area contributed by atoms with E-state index in [-0.39, 0.29) is 11.1 Å². The molecule has 0 radical (unpaired) electrons. The number of nitrogens with zero attached hydrogens (tertiary/aromatic N) is 2. The van der Waals surface area contributed by atoms with E-state index in [2.05, 4.69) is 10.3 Å². The Morgan fingerprint density at radius 2 is 2.25 bits per heavy atom. The van der Waals surface area contributed by atoms with Crippen LogP contribution in [0.25, 0.3) is 0 Å². The molecule has 3 aliphatic heterocycles. The molecule has 3 rings (SSSR count). The minimum absolute atomic E-state index is 0.223. The van der Waals surface area contributed by atoms with Crippen LogP contribution in [0.15, 0.2) is 15.7 Å². The lowest BCUT2D eigenvalue weighted by molar-refractivity contribution is -0.0789. The summed E-state index contributed by atoms with van der Waals surface area (Å²) in [5, 5.41) is 31.2. The van der Waals surface area contributed by atoms with E-state index in [9.17, 15) is 15.0 Å². The molecule has 0 saturated carbocycles. The molecule has 5 atom stereocenters. The number of nitrogens with one attached hydrogen (secondary N) is 1. The highest BCUT2D eigenvalue weighted by atomic mass is 32.2. The van der Waals surface area contributed by atoms with Gasteiger partial charge in [-0.2, -0.15) is 0 Å². The molecule has 3 aliphatic rings. The number of aliphatic imine (C=N–C) groups is 1. The number of amides is 1. The van der Waals surface area contributed by atoms with Crippen molar-refractivity contribution in [2.24, 2.45) is 10.7 Å². The summed E-state index contributed by atoms with van der Waals surface area (Å²) in [4.78, 5) is 17.4. The van der Waals surface area contributed by atoms with Crippen LogP contribution in [0.2, 0.25) is 0 Å². The van der Waals surface area contributed by atoms with Crippen molar-refractivity contribution in [2.75, 3.05) is 6.61 Å². The first-order chi connectivity index (χ1) is 9.52. The third-order valence-corrected chi connectivity index (χ3v) is 4.35. The molecule has 110 valence electrons. The molecule has 0 aliphatic carbocycles. The highest BCUT2D eigenvalue weighted by molar-refractivity contribution is 8.17. The minimum atomic E-state index is -1.23. The van der Waals surface area contributed by atoms with E-state index in [1.165, 1.54) is 11.2 Å². The van der Waals surface area contributed by atoms with Crippen molar-refractivity contribution in [3.63, 3.8) is 0 Å². The average molecular weight is 302 g/mol. The number of hydrogen-bond acceptors (Lipinski definition) is 9. The second-order valence-electron chi connectivity index (χ2n) is 4.61. The highest BCUT2D eigenvalue weighted by Crippen LogP contribution is 2.36. The van der Waals surface area contributed by atoms with Crippen molar-refractivity contribution in [3.05, 3.63) is 10.7 Å². The summed E-state index contributed by atoms with van der Waals surface area (Å²) in [5.74, 6) is 0.223. The number of hydrogen-bond donors (Lipinski definition) is 5. The van der Waals surface area contributed by atoms with E-state index in [0.29, 0.717) is 4.91 Å². The number of fused-ring (bicyclic) bond motifs is 1. The third kappa shape index (κ3) is 1.96. The van der Waals surface area contributed by atoms with Crippen molar-refractivity contribution >= 4 is 23.3 Å². The summed E-state index contributed by atoms with van der Waals surface area (Å²) in [5.41, 5.74) is 5.71. The minimum Gasteiger partial charge on any atom is -0.394 e. The van der Waals surface area contributed by atoms with E-state index < -0.39 is 37.3 Å². The van der Waals surface area contributed by atoms with Crippen LogP contribution < -0.4 is 11.1 Å². The summed E-state index contributed by atoms with van der Waals surface area (Å²) in [6, 6.07) is 0. The molecular weight excluding hydrogens is 288 g/mol. The Kier molecular flexibility index (Phi) is 3.34. The van der Waals surface area contributed by atoms with Crippen LogP contribution in [-0.2, 0) is 4.74 Å².